The maximum absolute atomic E-state index is 11.7. The number of aryl methyl sites for hydroxylation is 1. The third-order valence-electron chi connectivity index (χ3n) is 2.21. The molecule has 0 saturated carbocycles. The first kappa shape index (κ1) is 11.9. The summed E-state index contributed by atoms with van der Waals surface area (Å²) in [4.78, 5) is 15.8. The predicted octanol–water partition coefficient (Wildman–Crippen LogP) is 1.47. The minimum Gasteiger partial charge on any atom is -0.329 e. The van der Waals surface area contributed by atoms with Gasteiger partial charge in [0.2, 0.25) is 0 Å². The molecular formula is C11H19N3O. The summed E-state index contributed by atoms with van der Waals surface area (Å²) < 4.78 is 1.87. The fourth-order valence-corrected chi connectivity index (χ4v) is 1.40. The molecule has 0 aliphatic carbocycles. The molecule has 0 radical (unpaired) electrons. The molecule has 1 N–H and O–H groups in total. The van der Waals surface area contributed by atoms with E-state index in [2.05, 4.69) is 24.1 Å². The highest BCUT2D eigenvalue weighted by Gasteiger charge is 2.11. The number of rotatable bonds is 6. The fraction of sp³-hybridized carbons (Fsp3) is 0.636. The highest BCUT2D eigenvalue weighted by Crippen LogP contribution is 2.01. The van der Waals surface area contributed by atoms with Crippen LogP contribution in [0.25, 0.3) is 0 Å². The number of ketones is 1. The van der Waals surface area contributed by atoms with Crippen molar-refractivity contribution >= 4 is 5.78 Å². The number of imidazole rings is 1. The largest absolute Gasteiger partial charge is 0.329 e. The van der Waals surface area contributed by atoms with Crippen molar-refractivity contribution in [1.82, 2.24) is 14.9 Å². The first-order valence-electron chi connectivity index (χ1n) is 5.42. The number of aromatic nitrogens is 2. The Bertz CT molecular complexity index is 317. The number of Topliss-reactive ketones (excluding diaryl/α,β-unsaturated/α-hetero) is 1. The van der Waals surface area contributed by atoms with E-state index in [1.54, 1.807) is 6.20 Å². The summed E-state index contributed by atoms with van der Waals surface area (Å²) in [5.74, 6) is 0.679. The first-order chi connectivity index (χ1) is 7.15. The average Bonchev–Trinajstić information content (AvgIpc) is 2.64. The molecule has 0 amide bonds. The van der Waals surface area contributed by atoms with Crippen molar-refractivity contribution in [3.8, 4) is 0 Å². The lowest BCUT2D eigenvalue weighted by molar-refractivity contribution is 0.0968. The molecule has 0 atom stereocenters. The molecule has 84 valence electrons. The second-order valence-corrected chi connectivity index (χ2v) is 3.82. The lowest BCUT2D eigenvalue weighted by Crippen LogP contribution is -2.26. The van der Waals surface area contributed by atoms with E-state index in [4.69, 9.17) is 0 Å². The maximum atomic E-state index is 11.7. The smallest absolute Gasteiger partial charge is 0.199 e. The van der Waals surface area contributed by atoms with E-state index in [9.17, 15) is 4.79 Å². The Morgan fingerprint density at radius 1 is 1.60 bits per heavy atom. The average molecular weight is 209 g/mol. The van der Waals surface area contributed by atoms with Crippen LogP contribution in [0.2, 0.25) is 0 Å². The number of hydrogen-bond donors (Lipinski definition) is 1. The van der Waals surface area contributed by atoms with E-state index in [0.717, 1.165) is 6.54 Å². The zero-order valence-corrected chi connectivity index (χ0v) is 9.66. The van der Waals surface area contributed by atoms with Crippen molar-refractivity contribution in [2.45, 2.75) is 39.8 Å². The van der Waals surface area contributed by atoms with E-state index < -0.39 is 0 Å². The molecule has 0 fully saturated rings. The Morgan fingerprint density at radius 2 is 2.33 bits per heavy atom. The lowest BCUT2D eigenvalue weighted by Gasteiger charge is -2.07. The van der Waals surface area contributed by atoms with Crippen LogP contribution < -0.4 is 5.32 Å². The maximum Gasteiger partial charge on any atom is 0.199 e. The molecule has 1 rings (SSSR count). The molecule has 0 saturated heterocycles. The van der Waals surface area contributed by atoms with Gasteiger partial charge in [-0.05, 0) is 6.92 Å². The van der Waals surface area contributed by atoms with Crippen LogP contribution in [0.15, 0.2) is 12.4 Å². The molecule has 4 nitrogen and oxygen atoms in total. The summed E-state index contributed by atoms with van der Waals surface area (Å²) in [6, 6.07) is 0.420. The third-order valence-corrected chi connectivity index (χ3v) is 2.21. The molecule has 0 aromatic carbocycles. The van der Waals surface area contributed by atoms with Gasteiger partial charge in [-0.1, -0.05) is 13.8 Å². The van der Waals surface area contributed by atoms with Crippen LogP contribution >= 0.6 is 0 Å². The first-order valence-corrected chi connectivity index (χ1v) is 5.42. The fourth-order valence-electron chi connectivity index (χ4n) is 1.40. The summed E-state index contributed by atoms with van der Waals surface area (Å²) in [7, 11) is 0. The Morgan fingerprint density at radius 3 is 2.93 bits per heavy atom. The van der Waals surface area contributed by atoms with E-state index in [1.165, 1.54) is 0 Å². The van der Waals surface area contributed by atoms with Crippen molar-refractivity contribution in [1.29, 1.82) is 0 Å². The highest BCUT2D eigenvalue weighted by molar-refractivity contribution is 5.92. The van der Waals surface area contributed by atoms with E-state index >= 15 is 0 Å². The summed E-state index contributed by atoms with van der Waals surface area (Å²) >= 11 is 0. The number of nitrogens with zero attached hydrogens (tertiary/aromatic N) is 2. The molecule has 1 aromatic heterocycles. The normalized spacial score (nSPS) is 10.9. The van der Waals surface area contributed by atoms with Gasteiger partial charge < -0.3 is 9.88 Å². The number of nitrogens with one attached hydrogen (secondary N) is 1. The van der Waals surface area contributed by atoms with Crippen LogP contribution in [-0.2, 0) is 6.54 Å². The molecule has 1 heterocycles. The van der Waals surface area contributed by atoms with Crippen molar-refractivity contribution in [3.05, 3.63) is 18.2 Å². The molecule has 0 spiro atoms. The van der Waals surface area contributed by atoms with Crippen molar-refractivity contribution < 1.29 is 4.79 Å². The highest BCUT2D eigenvalue weighted by atomic mass is 16.1. The SMILES string of the molecule is CCn1ccnc1C(=O)CCNC(C)C. The van der Waals surface area contributed by atoms with Crippen LogP contribution in [0, 0.1) is 0 Å². The van der Waals surface area contributed by atoms with Crippen molar-refractivity contribution in [2.75, 3.05) is 6.54 Å². The Labute approximate surface area is 90.7 Å². The molecular weight excluding hydrogens is 190 g/mol. The lowest BCUT2D eigenvalue weighted by atomic mass is 10.2. The van der Waals surface area contributed by atoms with E-state index in [0.29, 0.717) is 24.8 Å². The van der Waals surface area contributed by atoms with Crippen molar-refractivity contribution in [2.24, 2.45) is 0 Å². The molecule has 15 heavy (non-hydrogen) atoms. The molecule has 0 bridgehead atoms. The van der Waals surface area contributed by atoms with Gasteiger partial charge in [0.05, 0.1) is 0 Å². The molecule has 0 unspecified atom stereocenters. The van der Waals surface area contributed by atoms with Crippen LogP contribution in [-0.4, -0.2) is 27.9 Å². The minimum absolute atomic E-state index is 0.106. The van der Waals surface area contributed by atoms with Gasteiger partial charge in [-0.25, -0.2) is 4.98 Å². The molecule has 1 aromatic rings. The van der Waals surface area contributed by atoms with Crippen LogP contribution in [0.4, 0.5) is 0 Å². The standard InChI is InChI=1S/C11H19N3O/c1-4-14-8-7-13-11(14)10(15)5-6-12-9(2)3/h7-9,12H,4-6H2,1-3H3. The van der Waals surface area contributed by atoms with Gasteiger partial charge in [0.15, 0.2) is 11.6 Å². The van der Waals surface area contributed by atoms with Crippen LogP contribution in [0.1, 0.15) is 37.8 Å². The topological polar surface area (TPSA) is 46.9 Å². The van der Waals surface area contributed by atoms with Gasteiger partial charge >= 0.3 is 0 Å². The van der Waals surface area contributed by atoms with E-state index in [1.807, 2.05) is 17.7 Å². The quantitative estimate of drug-likeness (QED) is 0.722. The van der Waals surface area contributed by atoms with Gasteiger partial charge in [0.1, 0.15) is 0 Å². The number of carbonyl (C=O) groups is 1. The van der Waals surface area contributed by atoms with Gasteiger partial charge in [-0.2, -0.15) is 0 Å². The minimum atomic E-state index is 0.106. The zero-order valence-electron chi connectivity index (χ0n) is 9.66. The summed E-state index contributed by atoms with van der Waals surface area (Å²) in [6.45, 7) is 7.64. The monoisotopic (exact) mass is 209 g/mol. The van der Waals surface area contributed by atoms with Gasteiger partial charge in [0, 0.05) is 37.9 Å². The Kier molecular flexibility index (Phi) is 4.49. The van der Waals surface area contributed by atoms with Crippen molar-refractivity contribution in [3.63, 3.8) is 0 Å². The number of hydrogen-bond acceptors (Lipinski definition) is 3. The molecule has 0 aliphatic rings. The van der Waals surface area contributed by atoms with Crippen LogP contribution in [0.5, 0.6) is 0 Å². The van der Waals surface area contributed by atoms with Gasteiger partial charge in [-0.15, -0.1) is 0 Å². The number of carbonyl (C=O) groups excluding carboxylic acids is 1. The summed E-state index contributed by atoms with van der Waals surface area (Å²) in [6.07, 6.45) is 4.02. The molecule has 4 heteroatoms. The van der Waals surface area contributed by atoms with Gasteiger partial charge in [0.25, 0.3) is 0 Å². The zero-order chi connectivity index (χ0) is 11.3. The van der Waals surface area contributed by atoms with Gasteiger partial charge in [-0.3, -0.25) is 4.79 Å². The predicted molar refractivity (Wildman–Crippen MR) is 60.0 cm³/mol. The Balaban J connectivity index is 2.47. The second kappa shape index (κ2) is 5.66. The van der Waals surface area contributed by atoms with E-state index in [-0.39, 0.29) is 5.78 Å². The Hall–Kier alpha value is -1.16. The molecule has 0 aliphatic heterocycles. The second-order valence-electron chi connectivity index (χ2n) is 3.82. The summed E-state index contributed by atoms with van der Waals surface area (Å²) in [5, 5.41) is 3.22. The summed E-state index contributed by atoms with van der Waals surface area (Å²) in [5.41, 5.74) is 0. The third kappa shape index (κ3) is 3.47. The van der Waals surface area contributed by atoms with Crippen LogP contribution in [0.3, 0.4) is 0 Å².